The van der Waals surface area contributed by atoms with Gasteiger partial charge in [-0.1, -0.05) is 6.07 Å². The molecular formula is C16H25N3O2. The number of likely N-dealkylation sites (N-methyl/N-ethyl adjacent to an activating group) is 1. The maximum absolute atomic E-state index is 12.7. The number of carbonyl (C=O) groups excluding carboxylic acids is 1. The highest BCUT2D eigenvalue weighted by molar-refractivity contribution is 5.95. The van der Waals surface area contributed by atoms with Crippen LogP contribution >= 0.6 is 0 Å². The minimum absolute atomic E-state index is 0.00194. The van der Waals surface area contributed by atoms with Crippen molar-refractivity contribution < 1.29 is 9.90 Å². The second kappa shape index (κ2) is 6.45. The summed E-state index contributed by atoms with van der Waals surface area (Å²) in [4.78, 5) is 18.6. The van der Waals surface area contributed by atoms with Gasteiger partial charge in [0, 0.05) is 37.9 Å². The highest BCUT2D eigenvalue weighted by atomic mass is 16.3. The topological polar surface area (TPSA) is 47.0 Å². The summed E-state index contributed by atoms with van der Waals surface area (Å²) in [5, 5.41) is 9.55. The van der Waals surface area contributed by atoms with Gasteiger partial charge in [-0.25, -0.2) is 0 Å². The minimum Gasteiger partial charge on any atom is -0.394 e. The van der Waals surface area contributed by atoms with E-state index >= 15 is 0 Å². The van der Waals surface area contributed by atoms with Crippen LogP contribution in [0.2, 0.25) is 0 Å². The maximum atomic E-state index is 12.7. The van der Waals surface area contributed by atoms with E-state index in [0.717, 1.165) is 12.1 Å². The molecule has 0 spiro atoms. The predicted molar refractivity (Wildman–Crippen MR) is 84.8 cm³/mol. The van der Waals surface area contributed by atoms with Crippen molar-refractivity contribution in [2.75, 3.05) is 46.2 Å². The summed E-state index contributed by atoms with van der Waals surface area (Å²) in [5.41, 5.74) is 1.68. The monoisotopic (exact) mass is 291 g/mol. The van der Waals surface area contributed by atoms with Gasteiger partial charge in [0.2, 0.25) is 0 Å². The molecule has 2 rings (SSSR count). The fourth-order valence-electron chi connectivity index (χ4n) is 2.77. The second-order valence-corrected chi connectivity index (χ2v) is 6.09. The van der Waals surface area contributed by atoms with Gasteiger partial charge in [0.25, 0.3) is 5.91 Å². The number of anilines is 1. The Morgan fingerprint density at radius 2 is 2.05 bits per heavy atom. The van der Waals surface area contributed by atoms with E-state index in [1.54, 1.807) is 4.90 Å². The molecule has 1 aromatic carbocycles. The molecule has 0 saturated carbocycles. The van der Waals surface area contributed by atoms with Gasteiger partial charge in [-0.05, 0) is 38.7 Å². The number of aliphatic hydroxyl groups is 1. The fourth-order valence-corrected chi connectivity index (χ4v) is 2.77. The van der Waals surface area contributed by atoms with Crippen LogP contribution in [0.4, 0.5) is 5.69 Å². The van der Waals surface area contributed by atoms with Crippen LogP contribution in [0.15, 0.2) is 24.3 Å². The van der Waals surface area contributed by atoms with Crippen molar-refractivity contribution in [3.8, 4) is 0 Å². The summed E-state index contributed by atoms with van der Waals surface area (Å²) < 4.78 is 0. The molecule has 1 saturated heterocycles. The molecule has 1 fully saturated rings. The number of likely N-dealkylation sites (tertiary alicyclic amines) is 1. The van der Waals surface area contributed by atoms with Gasteiger partial charge in [-0.3, -0.25) is 4.79 Å². The average Bonchev–Trinajstić information content (AvgIpc) is 2.91. The van der Waals surface area contributed by atoms with Crippen molar-refractivity contribution in [1.29, 1.82) is 0 Å². The van der Waals surface area contributed by atoms with Crippen molar-refractivity contribution >= 4 is 11.6 Å². The quantitative estimate of drug-likeness (QED) is 0.895. The second-order valence-electron chi connectivity index (χ2n) is 6.09. The van der Waals surface area contributed by atoms with Crippen LogP contribution in [0, 0.1) is 0 Å². The Bertz CT molecular complexity index is 502. The van der Waals surface area contributed by atoms with Crippen molar-refractivity contribution in [2.24, 2.45) is 0 Å². The van der Waals surface area contributed by atoms with Crippen LogP contribution in [-0.4, -0.2) is 74.2 Å². The molecule has 1 N–H and O–H groups in total. The number of hydrogen-bond acceptors (Lipinski definition) is 4. The fraction of sp³-hybridized carbons (Fsp3) is 0.562. The van der Waals surface area contributed by atoms with E-state index in [1.165, 1.54) is 0 Å². The molecule has 1 aliphatic heterocycles. The third-order valence-electron chi connectivity index (χ3n) is 4.20. The molecule has 1 heterocycles. The first-order chi connectivity index (χ1) is 9.93. The number of nitrogens with zero attached hydrogens (tertiary/aromatic N) is 3. The van der Waals surface area contributed by atoms with E-state index in [1.807, 2.05) is 57.4 Å². The lowest BCUT2D eigenvalue weighted by atomic mass is 10.1. The Morgan fingerprint density at radius 3 is 2.62 bits per heavy atom. The van der Waals surface area contributed by atoms with Gasteiger partial charge in [0.05, 0.1) is 12.6 Å². The Morgan fingerprint density at radius 1 is 1.33 bits per heavy atom. The van der Waals surface area contributed by atoms with E-state index in [2.05, 4.69) is 4.90 Å². The zero-order chi connectivity index (χ0) is 15.6. The third kappa shape index (κ3) is 3.36. The van der Waals surface area contributed by atoms with Crippen LogP contribution in [0.25, 0.3) is 0 Å². The van der Waals surface area contributed by atoms with Crippen LogP contribution in [0.3, 0.4) is 0 Å². The van der Waals surface area contributed by atoms with E-state index in [0.29, 0.717) is 18.2 Å². The summed E-state index contributed by atoms with van der Waals surface area (Å²) in [6, 6.07) is 7.84. The van der Waals surface area contributed by atoms with Gasteiger partial charge in [-0.15, -0.1) is 0 Å². The molecule has 1 amide bonds. The van der Waals surface area contributed by atoms with Crippen molar-refractivity contribution in [3.63, 3.8) is 0 Å². The normalized spacial score (nSPS) is 21.9. The lowest BCUT2D eigenvalue weighted by Crippen LogP contribution is -2.38. The first-order valence-corrected chi connectivity index (χ1v) is 7.29. The number of rotatable bonds is 4. The molecule has 21 heavy (non-hydrogen) atoms. The first-order valence-electron chi connectivity index (χ1n) is 7.29. The Balaban J connectivity index is 2.20. The van der Waals surface area contributed by atoms with Crippen LogP contribution < -0.4 is 4.90 Å². The summed E-state index contributed by atoms with van der Waals surface area (Å²) in [5.74, 6) is 0.00194. The number of hydrogen-bond donors (Lipinski definition) is 1. The number of carbonyl (C=O) groups is 1. The molecule has 2 unspecified atom stereocenters. The van der Waals surface area contributed by atoms with Crippen molar-refractivity contribution in [2.45, 2.75) is 18.5 Å². The SMILES string of the molecule is CN(C)c1cccc(C(=O)N2CC(N(C)C)CC2CO)c1. The molecule has 1 aliphatic rings. The summed E-state index contributed by atoms with van der Waals surface area (Å²) >= 11 is 0. The first kappa shape index (κ1) is 15.8. The molecule has 0 bridgehead atoms. The largest absolute Gasteiger partial charge is 0.394 e. The molecular weight excluding hydrogens is 266 g/mol. The van der Waals surface area contributed by atoms with E-state index < -0.39 is 0 Å². The molecule has 2 atom stereocenters. The Labute approximate surface area is 126 Å². The Hall–Kier alpha value is -1.59. The lowest BCUT2D eigenvalue weighted by molar-refractivity contribution is 0.0673. The zero-order valence-corrected chi connectivity index (χ0v) is 13.3. The highest BCUT2D eigenvalue weighted by Gasteiger charge is 2.36. The highest BCUT2D eigenvalue weighted by Crippen LogP contribution is 2.24. The van der Waals surface area contributed by atoms with E-state index in [4.69, 9.17) is 0 Å². The lowest BCUT2D eigenvalue weighted by Gasteiger charge is -2.24. The smallest absolute Gasteiger partial charge is 0.254 e. The van der Waals surface area contributed by atoms with E-state index in [9.17, 15) is 9.90 Å². The number of benzene rings is 1. The van der Waals surface area contributed by atoms with Gasteiger partial charge < -0.3 is 19.8 Å². The Kier molecular flexibility index (Phi) is 4.85. The minimum atomic E-state index is -0.0899. The molecule has 1 aromatic rings. The van der Waals surface area contributed by atoms with Crippen LogP contribution in [0.1, 0.15) is 16.8 Å². The standard InChI is InChI=1S/C16H25N3O2/c1-17(2)13-7-5-6-12(8-13)16(21)19-10-14(18(3)4)9-15(19)11-20/h5-8,14-15,20H,9-11H2,1-4H3. The van der Waals surface area contributed by atoms with Crippen molar-refractivity contribution in [3.05, 3.63) is 29.8 Å². The van der Waals surface area contributed by atoms with Gasteiger partial charge >= 0.3 is 0 Å². The van der Waals surface area contributed by atoms with Crippen molar-refractivity contribution in [1.82, 2.24) is 9.80 Å². The predicted octanol–water partition coefficient (Wildman–Crippen LogP) is 0.890. The molecule has 5 heteroatoms. The number of aliphatic hydroxyl groups excluding tert-OH is 1. The molecule has 0 aromatic heterocycles. The van der Waals surface area contributed by atoms with Gasteiger partial charge in [0.15, 0.2) is 0 Å². The number of amides is 1. The summed E-state index contributed by atoms with van der Waals surface area (Å²) in [7, 11) is 7.94. The molecule has 0 radical (unpaired) electrons. The van der Waals surface area contributed by atoms with Gasteiger partial charge in [0.1, 0.15) is 0 Å². The molecule has 116 valence electrons. The third-order valence-corrected chi connectivity index (χ3v) is 4.20. The average molecular weight is 291 g/mol. The van der Waals surface area contributed by atoms with E-state index in [-0.39, 0.29) is 18.6 Å². The summed E-state index contributed by atoms with van der Waals surface area (Å²) in [6.45, 7) is 0.687. The molecule has 0 aliphatic carbocycles. The zero-order valence-electron chi connectivity index (χ0n) is 13.3. The summed E-state index contributed by atoms with van der Waals surface area (Å²) in [6.07, 6.45) is 0.822. The van der Waals surface area contributed by atoms with Gasteiger partial charge in [-0.2, -0.15) is 0 Å². The maximum Gasteiger partial charge on any atom is 0.254 e. The van der Waals surface area contributed by atoms with Crippen LogP contribution in [0.5, 0.6) is 0 Å². The molecule has 5 nitrogen and oxygen atoms in total. The van der Waals surface area contributed by atoms with Crippen LogP contribution in [-0.2, 0) is 0 Å².